The number of nitrogens with one attached hydrogen (secondary N) is 1. The van der Waals surface area contributed by atoms with Crippen LogP contribution in [0.3, 0.4) is 0 Å². The van der Waals surface area contributed by atoms with E-state index in [0.29, 0.717) is 10.4 Å². The summed E-state index contributed by atoms with van der Waals surface area (Å²) in [5.41, 5.74) is 0. The lowest BCUT2D eigenvalue weighted by molar-refractivity contribution is -0.146. The third-order valence-corrected chi connectivity index (χ3v) is 4.33. The molecule has 1 amide bonds. The molecule has 1 saturated carbocycles. The van der Waals surface area contributed by atoms with Crippen molar-refractivity contribution in [3.05, 3.63) is 29.1 Å². The summed E-state index contributed by atoms with van der Waals surface area (Å²) < 4.78 is 0.571. The van der Waals surface area contributed by atoms with Crippen molar-refractivity contribution in [3.63, 3.8) is 0 Å². The fraction of sp³-hybridized carbons (Fsp3) is 0.385. The number of carbonyl (C=O) groups excluding carboxylic acids is 1. The molecule has 1 aromatic rings. The SMILES string of the molecule is O=C(O)[C@@H]1C2C=CC(C2)[C@@H]1C(=O)Nc1cnc(Br)cn1. The molecule has 1 heterocycles. The van der Waals surface area contributed by atoms with E-state index in [9.17, 15) is 14.7 Å². The standard InChI is InChI=1S/C13H12BrN3O3/c14-8-4-16-9(5-15-8)17-12(18)10-6-1-2-7(3-6)11(10)13(19)20/h1-2,4-7,10-11H,3H2,(H,19,20)(H,16,17,18)/t6?,7?,10-,11+/m0/s1. The fourth-order valence-corrected chi connectivity index (χ4v) is 3.31. The van der Waals surface area contributed by atoms with Gasteiger partial charge in [0.2, 0.25) is 5.91 Å². The molecule has 2 bridgehead atoms. The number of aliphatic carboxylic acids is 1. The second-order valence-corrected chi connectivity index (χ2v) is 5.86. The summed E-state index contributed by atoms with van der Waals surface area (Å²) in [6.07, 6.45) is 7.50. The minimum absolute atomic E-state index is 0.00417. The fourth-order valence-electron chi connectivity index (χ4n) is 3.10. The number of carbonyl (C=O) groups is 2. The molecular formula is C13H12BrN3O3. The van der Waals surface area contributed by atoms with Crippen LogP contribution in [0, 0.1) is 23.7 Å². The molecule has 6 nitrogen and oxygen atoms in total. The Morgan fingerprint density at radius 1 is 1.20 bits per heavy atom. The third-order valence-electron chi connectivity index (χ3n) is 3.92. The molecule has 20 heavy (non-hydrogen) atoms. The van der Waals surface area contributed by atoms with E-state index in [1.54, 1.807) is 0 Å². The second kappa shape index (κ2) is 4.97. The van der Waals surface area contributed by atoms with Crippen LogP contribution < -0.4 is 5.32 Å². The molecule has 104 valence electrons. The van der Waals surface area contributed by atoms with Gasteiger partial charge in [0.05, 0.1) is 24.2 Å². The van der Waals surface area contributed by atoms with Gasteiger partial charge in [-0.25, -0.2) is 9.97 Å². The van der Waals surface area contributed by atoms with Crippen LogP contribution in [0.2, 0.25) is 0 Å². The number of hydrogen-bond acceptors (Lipinski definition) is 4. The van der Waals surface area contributed by atoms with E-state index in [2.05, 4.69) is 31.2 Å². The van der Waals surface area contributed by atoms with Gasteiger partial charge in [-0.2, -0.15) is 0 Å². The van der Waals surface area contributed by atoms with Gasteiger partial charge in [0.1, 0.15) is 4.60 Å². The maximum atomic E-state index is 12.3. The number of hydrogen-bond donors (Lipinski definition) is 2. The Kier molecular flexibility index (Phi) is 3.29. The van der Waals surface area contributed by atoms with Crippen LogP contribution in [0.15, 0.2) is 29.1 Å². The van der Waals surface area contributed by atoms with E-state index in [1.807, 2.05) is 12.2 Å². The molecule has 3 rings (SSSR count). The molecule has 0 radical (unpaired) electrons. The summed E-state index contributed by atoms with van der Waals surface area (Å²) in [6.45, 7) is 0. The number of aromatic nitrogens is 2. The number of carboxylic acid groups (broad SMARTS) is 1. The molecule has 0 aromatic carbocycles. The Bertz CT molecular complexity index is 587. The minimum Gasteiger partial charge on any atom is -0.481 e. The normalized spacial score (nSPS) is 30.4. The van der Waals surface area contributed by atoms with Gasteiger partial charge in [0, 0.05) is 0 Å². The van der Waals surface area contributed by atoms with Gasteiger partial charge in [0.25, 0.3) is 0 Å². The van der Waals surface area contributed by atoms with E-state index >= 15 is 0 Å². The summed E-state index contributed by atoms with van der Waals surface area (Å²) in [6, 6.07) is 0. The van der Waals surface area contributed by atoms with E-state index in [0.717, 1.165) is 6.42 Å². The van der Waals surface area contributed by atoms with Crippen molar-refractivity contribution in [1.29, 1.82) is 0 Å². The van der Waals surface area contributed by atoms with E-state index in [-0.39, 0.29) is 17.7 Å². The number of carboxylic acids is 1. The zero-order valence-electron chi connectivity index (χ0n) is 10.4. The molecule has 4 atom stereocenters. The molecule has 2 aliphatic carbocycles. The van der Waals surface area contributed by atoms with Crippen molar-refractivity contribution in [2.24, 2.45) is 23.7 Å². The smallest absolute Gasteiger partial charge is 0.307 e. The van der Waals surface area contributed by atoms with E-state index < -0.39 is 17.8 Å². The molecule has 0 aliphatic heterocycles. The van der Waals surface area contributed by atoms with Gasteiger partial charge in [0.15, 0.2) is 5.82 Å². The highest BCUT2D eigenvalue weighted by Crippen LogP contribution is 2.48. The molecule has 1 aromatic heterocycles. The van der Waals surface area contributed by atoms with Crippen molar-refractivity contribution < 1.29 is 14.7 Å². The first-order valence-corrected chi connectivity index (χ1v) is 7.05. The van der Waals surface area contributed by atoms with Crippen molar-refractivity contribution in [3.8, 4) is 0 Å². The summed E-state index contributed by atoms with van der Waals surface area (Å²) in [5.74, 6) is -2.10. The largest absolute Gasteiger partial charge is 0.481 e. The van der Waals surface area contributed by atoms with Gasteiger partial charge < -0.3 is 10.4 Å². The number of allylic oxidation sites excluding steroid dienone is 2. The minimum atomic E-state index is -0.913. The molecule has 1 fully saturated rings. The van der Waals surface area contributed by atoms with Crippen molar-refractivity contribution >= 4 is 33.6 Å². The highest BCUT2D eigenvalue weighted by Gasteiger charge is 2.51. The van der Waals surface area contributed by atoms with Crippen LogP contribution in [0.25, 0.3) is 0 Å². The lowest BCUT2D eigenvalue weighted by Gasteiger charge is -2.23. The quantitative estimate of drug-likeness (QED) is 0.819. The summed E-state index contributed by atoms with van der Waals surface area (Å²) >= 11 is 3.16. The first-order valence-electron chi connectivity index (χ1n) is 6.26. The maximum absolute atomic E-state index is 12.3. The molecule has 2 N–H and O–H groups in total. The maximum Gasteiger partial charge on any atom is 0.307 e. The lowest BCUT2D eigenvalue weighted by atomic mass is 9.82. The second-order valence-electron chi connectivity index (χ2n) is 5.05. The van der Waals surface area contributed by atoms with Crippen LogP contribution in [-0.2, 0) is 9.59 Å². The number of anilines is 1. The number of amides is 1. The molecule has 0 spiro atoms. The topological polar surface area (TPSA) is 92.2 Å². The zero-order chi connectivity index (χ0) is 14.3. The number of fused-ring (bicyclic) bond motifs is 2. The zero-order valence-corrected chi connectivity index (χ0v) is 11.9. The van der Waals surface area contributed by atoms with Crippen LogP contribution in [0.1, 0.15) is 6.42 Å². The van der Waals surface area contributed by atoms with Crippen LogP contribution in [-0.4, -0.2) is 27.0 Å². The highest BCUT2D eigenvalue weighted by atomic mass is 79.9. The first kappa shape index (κ1) is 13.2. The van der Waals surface area contributed by atoms with Crippen molar-refractivity contribution in [1.82, 2.24) is 9.97 Å². The Balaban J connectivity index is 1.78. The Morgan fingerprint density at radius 2 is 1.90 bits per heavy atom. The van der Waals surface area contributed by atoms with Crippen LogP contribution in [0.4, 0.5) is 5.82 Å². The van der Waals surface area contributed by atoms with Crippen LogP contribution in [0.5, 0.6) is 0 Å². The summed E-state index contributed by atoms with van der Waals surface area (Å²) in [4.78, 5) is 31.7. The Hall–Kier alpha value is -1.76. The van der Waals surface area contributed by atoms with Crippen molar-refractivity contribution in [2.45, 2.75) is 6.42 Å². The molecule has 2 unspecified atom stereocenters. The van der Waals surface area contributed by atoms with Gasteiger partial charge in [-0.3, -0.25) is 9.59 Å². The van der Waals surface area contributed by atoms with Gasteiger partial charge in [-0.1, -0.05) is 12.2 Å². The average molecular weight is 338 g/mol. The number of nitrogens with zero attached hydrogens (tertiary/aromatic N) is 2. The van der Waals surface area contributed by atoms with E-state index in [1.165, 1.54) is 12.4 Å². The molecule has 0 saturated heterocycles. The third kappa shape index (κ3) is 2.22. The molecular weight excluding hydrogens is 326 g/mol. The lowest BCUT2D eigenvalue weighted by Crippen LogP contribution is -2.36. The Labute approximate surface area is 123 Å². The van der Waals surface area contributed by atoms with Crippen LogP contribution >= 0.6 is 15.9 Å². The summed E-state index contributed by atoms with van der Waals surface area (Å²) in [7, 11) is 0. The van der Waals surface area contributed by atoms with E-state index in [4.69, 9.17) is 0 Å². The monoisotopic (exact) mass is 337 g/mol. The van der Waals surface area contributed by atoms with Crippen molar-refractivity contribution in [2.75, 3.05) is 5.32 Å². The van der Waals surface area contributed by atoms with Gasteiger partial charge in [-0.15, -0.1) is 0 Å². The summed E-state index contributed by atoms with van der Waals surface area (Å²) in [5, 5.41) is 12.0. The Morgan fingerprint density at radius 3 is 2.50 bits per heavy atom. The molecule has 7 heteroatoms. The van der Waals surface area contributed by atoms with Gasteiger partial charge >= 0.3 is 5.97 Å². The average Bonchev–Trinajstić information content (AvgIpc) is 3.01. The first-order chi connectivity index (χ1) is 9.56. The highest BCUT2D eigenvalue weighted by molar-refractivity contribution is 9.10. The predicted octanol–water partition coefficient (Wildman–Crippen LogP) is 1.70. The van der Waals surface area contributed by atoms with Gasteiger partial charge in [-0.05, 0) is 34.2 Å². The number of halogens is 1. The predicted molar refractivity (Wildman–Crippen MR) is 73.7 cm³/mol. The molecule has 2 aliphatic rings. The number of rotatable bonds is 3.